The number of carbonyl (C=O) groups is 1. The third kappa shape index (κ3) is 4.02. The molecule has 0 unspecified atom stereocenters. The highest BCUT2D eigenvalue weighted by Crippen LogP contribution is 2.47. The Bertz CT molecular complexity index is 466. The topological polar surface area (TPSA) is 51.2 Å². The molecule has 3 fully saturated rings. The highest BCUT2D eigenvalue weighted by molar-refractivity contribution is 5.80. The fourth-order valence-corrected chi connectivity index (χ4v) is 4.21. The molecular formula is C18H33N5O. The number of hydrogen-bond acceptors (Lipinski definition) is 3. The van der Waals surface area contributed by atoms with Gasteiger partial charge >= 0.3 is 0 Å². The molecule has 0 aromatic rings. The van der Waals surface area contributed by atoms with Crippen molar-refractivity contribution in [2.75, 3.05) is 58.9 Å². The van der Waals surface area contributed by atoms with Crippen LogP contribution in [0.4, 0.5) is 0 Å². The van der Waals surface area contributed by atoms with E-state index >= 15 is 0 Å². The lowest BCUT2D eigenvalue weighted by atomic mass is 9.68. The summed E-state index contributed by atoms with van der Waals surface area (Å²) in [6.07, 6.45) is 5.56. The maximum Gasteiger partial charge on any atom is 0.219 e. The Balaban J connectivity index is 1.45. The van der Waals surface area contributed by atoms with Gasteiger partial charge in [-0.1, -0.05) is 6.42 Å². The van der Waals surface area contributed by atoms with Crippen LogP contribution in [-0.2, 0) is 4.79 Å². The van der Waals surface area contributed by atoms with E-state index in [1.165, 1.54) is 32.2 Å². The van der Waals surface area contributed by atoms with Crippen LogP contribution >= 0.6 is 0 Å². The van der Waals surface area contributed by atoms with Gasteiger partial charge in [-0.05, 0) is 31.6 Å². The summed E-state index contributed by atoms with van der Waals surface area (Å²) in [5.74, 6) is 1.30. The number of likely N-dealkylation sites (tertiary alicyclic amines) is 1. The number of carbonyl (C=O) groups excluding carboxylic acids is 1. The molecule has 0 bridgehead atoms. The predicted molar refractivity (Wildman–Crippen MR) is 97.1 cm³/mol. The first-order valence-electron chi connectivity index (χ1n) is 9.63. The molecule has 0 aromatic carbocycles. The Morgan fingerprint density at radius 1 is 1.08 bits per heavy atom. The van der Waals surface area contributed by atoms with Gasteiger partial charge < -0.3 is 15.1 Å². The second-order valence-corrected chi connectivity index (χ2v) is 7.61. The number of rotatable bonds is 4. The van der Waals surface area contributed by atoms with Gasteiger partial charge in [0.1, 0.15) is 0 Å². The molecule has 6 nitrogen and oxygen atoms in total. The molecule has 1 spiro atoms. The Kier molecular flexibility index (Phi) is 5.64. The van der Waals surface area contributed by atoms with E-state index < -0.39 is 0 Å². The van der Waals surface area contributed by atoms with Crippen LogP contribution in [0.3, 0.4) is 0 Å². The van der Waals surface area contributed by atoms with Crippen molar-refractivity contribution < 1.29 is 4.79 Å². The highest BCUT2D eigenvalue weighted by atomic mass is 16.2. The molecule has 0 atom stereocenters. The summed E-state index contributed by atoms with van der Waals surface area (Å²) in [5.41, 5.74) is 0.610. The minimum Gasteiger partial charge on any atom is -0.357 e. The van der Waals surface area contributed by atoms with Crippen LogP contribution in [0.25, 0.3) is 0 Å². The Morgan fingerprint density at radius 3 is 2.38 bits per heavy atom. The van der Waals surface area contributed by atoms with Crippen LogP contribution in [0.5, 0.6) is 0 Å². The van der Waals surface area contributed by atoms with Crippen LogP contribution in [0.2, 0.25) is 0 Å². The molecule has 3 rings (SSSR count). The van der Waals surface area contributed by atoms with Crippen molar-refractivity contribution in [2.24, 2.45) is 10.4 Å². The van der Waals surface area contributed by atoms with Crippen molar-refractivity contribution in [3.05, 3.63) is 0 Å². The molecule has 1 amide bonds. The maximum absolute atomic E-state index is 11.4. The minimum absolute atomic E-state index is 0.195. The molecule has 136 valence electrons. The first kappa shape index (κ1) is 17.5. The summed E-state index contributed by atoms with van der Waals surface area (Å²) < 4.78 is 0. The van der Waals surface area contributed by atoms with Gasteiger partial charge in [0.15, 0.2) is 5.96 Å². The predicted octanol–water partition coefficient (Wildman–Crippen LogP) is 0.992. The van der Waals surface area contributed by atoms with E-state index in [2.05, 4.69) is 22.0 Å². The van der Waals surface area contributed by atoms with Crippen molar-refractivity contribution in [2.45, 2.75) is 39.5 Å². The van der Waals surface area contributed by atoms with Gasteiger partial charge in [0.25, 0.3) is 0 Å². The van der Waals surface area contributed by atoms with Gasteiger partial charge in [-0.15, -0.1) is 0 Å². The van der Waals surface area contributed by atoms with Crippen LogP contribution in [-0.4, -0.2) is 85.5 Å². The Morgan fingerprint density at radius 2 is 1.83 bits per heavy atom. The molecule has 3 aliphatic rings. The lowest BCUT2D eigenvalue weighted by Gasteiger charge is -2.38. The summed E-state index contributed by atoms with van der Waals surface area (Å²) in [7, 11) is 0. The van der Waals surface area contributed by atoms with E-state index in [9.17, 15) is 4.79 Å². The SMILES string of the molecule is CCNC(=NCCN1CCN(C(C)=O)CC1)N1CCC2(CCC2)C1. The van der Waals surface area contributed by atoms with E-state index in [4.69, 9.17) is 4.99 Å². The molecule has 24 heavy (non-hydrogen) atoms. The first-order valence-corrected chi connectivity index (χ1v) is 9.63. The second-order valence-electron chi connectivity index (χ2n) is 7.61. The Hall–Kier alpha value is -1.30. The van der Waals surface area contributed by atoms with Gasteiger partial charge in [0.05, 0.1) is 6.54 Å². The summed E-state index contributed by atoms with van der Waals surface area (Å²) in [6, 6.07) is 0. The minimum atomic E-state index is 0.195. The second kappa shape index (κ2) is 7.72. The fourth-order valence-electron chi connectivity index (χ4n) is 4.21. The van der Waals surface area contributed by atoms with E-state index in [-0.39, 0.29) is 5.91 Å². The molecule has 1 N–H and O–H groups in total. The van der Waals surface area contributed by atoms with Crippen molar-refractivity contribution >= 4 is 11.9 Å². The average Bonchev–Trinajstić information content (AvgIpc) is 3.00. The fraction of sp³-hybridized carbons (Fsp3) is 0.889. The molecule has 2 heterocycles. The molecule has 1 aliphatic carbocycles. The number of nitrogens with zero attached hydrogens (tertiary/aromatic N) is 4. The van der Waals surface area contributed by atoms with Gasteiger partial charge in [0.2, 0.25) is 5.91 Å². The summed E-state index contributed by atoms with van der Waals surface area (Å²) in [4.78, 5) is 23.1. The van der Waals surface area contributed by atoms with Gasteiger partial charge in [-0.2, -0.15) is 0 Å². The molecule has 6 heteroatoms. The van der Waals surface area contributed by atoms with Crippen molar-refractivity contribution in [3.63, 3.8) is 0 Å². The van der Waals surface area contributed by atoms with Gasteiger partial charge in [-0.25, -0.2) is 0 Å². The third-order valence-electron chi connectivity index (χ3n) is 5.98. The van der Waals surface area contributed by atoms with Gasteiger partial charge in [-0.3, -0.25) is 14.7 Å². The zero-order valence-corrected chi connectivity index (χ0v) is 15.4. The number of aliphatic imine (C=N–C) groups is 1. The molecule has 0 radical (unpaired) electrons. The molecule has 0 aromatic heterocycles. The quantitative estimate of drug-likeness (QED) is 0.615. The lowest BCUT2D eigenvalue weighted by molar-refractivity contribution is -0.130. The molecule has 2 saturated heterocycles. The molecule has 1 saturated carbocycles. The summed E-state index contributed by atoms with van der Waals surface area (Å²) in [6.45, 7) is 12.6. The van der Waals surface area contributed by atoms with Crippen molar-refractivity contribution in [1.82, 2.24) is 20.0 Å². The van der Waals surface area contributed by atoms with E-state index in [1.807, 2.05) is 4.90 Å². The number of amides is 1. The monoisotopic (exact) mass is 335 g/mol. The van der Waals surface area contributed by atoms with E-state index in [0.717, 1.165) is 58.3 Å². The third-order valence-corrected chi connectivity index (χ3v) is 5.98. The van der Waals surface area contributed by atoms with E-state index in [1.54, 1.807) is 6.92 Å². The van der Waals surface area contributed by atoms with Crippen LogP contribution in [0.15, 0.2) is 4.99 Å². The zero-order valence-electron chi connectivity index (χ0n) is 15.4. The van der Waals surface area contributed by atoms with Crippen molar-refractivity contribution in [3.8, 4) is 0 Å². The zero-order chi connectivity index (χ0) is 17.0. The number of hydrogen-bond donors (Lipinski definition) is 1. The molecular weight excluding hydrogens is 302 g/mol. The summed E-state index contributed by atoms with van der Waals surface area (Å²) >= 11 is 0. The Labute approximate surface area is 146 Å². The number of guanidine groups is 1. The largest absolute Gasteiger partial charge is 0.357 e. The normalized spacial score (nSPS) is 24.3. The maximum atomic E-state index is 11.4. The van der Waals surface area contributed by atoms with Crippen LogP contribution < -0.4 is 5.32 Å². The van der Waals surface area contributed by atoms with Crippen molar-refractivity contribution in [1.29, 1.82) is 0 Å². The lowest BCUT2D eigenvalue weighted by Crippen LogP contribution is -2.48. The van der Waals surface area contributed by atoms with Crippen LogP contribution in [0.1, 0.15) is 39.5 Å². The molecule has 2 aliphatic heterocycles. The standard InChI is InChI=1S/C18H33N5O/c1-3-19-17(23-9-7-18(15-23)5-4-6-18)20-8-10-21-11-13-22(14-12-21)16(2)24/h3-15H2,1-2H3,(H,19,20). The van der Waals surface area contributed by atoms with E-state index in [0.29, 0.717) is 5.41 Å². The first-order chi connectivity index (χ1) is 11.6. The van der Waals surface area contributed by atoms with Crippen LogP contribution in [0, 0.1) is 5.41 Å². The smallest absolute Gasteiger partial charge is 0.219 e. The van der Waals surface area contributed by atoms with Gasteiger partial charge in [0, 0.05) is 59.3 Å². The number of piperazine rings is 1. The highest BCUT2D eigenvalue weighted by Gasteiger charge is 2.43. The number of nitrogens with one attached hydrogen (secondary N) is 1. The average molecular weight is 335 g/mol. The summed E-state index contributed by atoms with van der Waals surface area (Å²) in [5, 5.41) is 3.47.